The first-order chi connectivity index (χ1) is 10.1. The summed E-state index contributed by atoms with van der Waals surface area (Å²) in [6.45, 7) is 0.491. The molecule has 0 saturated heterocycles. The number of aromatic nitrogens is 3. The molecule has 112 valence electrons. The third kappa shape index (κ3) is 3.50. The molecule has 0 radical (unpaired) electrons. The Morgan fingerprint density at radius 3 is 2.67 bits per heavy atom. The van der Waals surface area contributed by atoms with E-state index in [2.05, 4.69) is 22.3 Å². The number of aryl methyl sites for hydroxylation is 3. The quantitative estimate of drug-likeness (QED) is 0.857. The van der Waals surface area contributed by atoms with Gasteiger partial charge in [0.2, 0.25) is 0 Å². The lowest BCUT2D eigenvalue weighted by Gasteiger charge is -2.06. The lowest BCUT2D eigenvalue weighted by atomic mass is 10.1. The van der Waals surface area contributed by atoms with Gasteiger partial charge in [-0.15, -0.1) is 10.2 Å². The minimum atomic E-state index is -2.93. The van der Waals surface area contributed by atoms with Crippen LogP contribution < -0.4 is 0 Å². The Morgan fingerprint density at radius 2 is 1.86 bits per heavy atom. The van der Waals surface area contributed by atoms with Gasteiger partial charge in [0.05, 0.1) is 11.5 Å². The van der Waals surface area contributed by atoms with Crippen molar-refractivity contribution in [3.8, 4) is 0 Å². The van der Waals surface area contributed by atoms with E-state index in [4.69, 9.17) is 0 Å². The van der Waals surface area contributed by atoms with E-state index < -0.39 is 9.84 Å². The molecule has 2 heterocycles. The third-order valence-corrected chi connectivity index (χ3v) is 5.51. The molecule has 5 nitrogen and oxygen atoms in total. The van der Waals surface area contributed by atoms with E-state index in [1.54, 1.807) is 0 Å². The highest BCUT2D eigenvalue weighted by atomic mass is 32.2. The molecule has 0 saturated carbocycles. The third-order valence-electron chi connectivity index (χ3n) is 3.88. The molecule has 0 atom stereocenters. The zero-order valence-corrected chi connectivity index (χ0v) is 12.7. The van der Waals surface area contributed by atoms with Gasteiger partial charge in [-0.3, -0.25) is 0 Å². The highest BCUT2D eigenvalue weighted by Gasteiger charge is 2.21. The highest BCUT2D eigenvalue weighted by Crippen LogP contribution is 2.13. The molecule has 1 aliphatic heterocycles. The van der Waals surface area contributed by atoms with Gasteiger partial charge in [-0.2, -0.15) is 0 Å². The van der Waals surface area contributed by atoms with Gasteiger partial charge in [-0.05, 0) is 18.4 Å². The fourth-order valence-corrected chi connectivity index (χ4v) is 3.83. The Bertz CT molecular complexity index is 708. The summed E-state index contributed by atoms with van der Waals surface area (Å²) in [6.07, 6.45) is 3.31. The first-order valence-corrected chi connectivity index (χ1v) is 9.11. The number of nitrogens with zero attached hydrogens (tertiary/aromatic N) is 3. The molecule has 6 heteroatoms. The number of hydrogen-bond acceptors (Lipinski definition) is 4. The van der Waals surface area contributed by atoms with Gasteiger partial charge in [0.1, 0.15) is 11.6 Å². The maximum atomic E-state index is 11.7. The Kier molecular flexibility index (Phi) is 4.05. The maximum Gasteiger partial charge on any atom is 0.152 e. The van der Waals surface area contributed by atoms with Gasteiger partial charge < -0.3 is 4.57 Å². The van der Waals surface area contributed by atoms with E-state index in [1.807, 2.05) is 22.8 Å². The van der Waals surface area contributed by atoms with Crippen LogP contribution in [0, 0.1) is 0 Å². The van der Waals surface area contributed by atoms with E-state index in [9.17, 15) is 8.42 Å². The molecule has 0 fully saturated rings. The van der Waals surface area contributed by atoms with Crippen LogP contribution in [0.1, 0.15) is 23.6 Å². The molecule has 21 heavy (non-hydrogen) atoms. The summed E-state index contributed by atoms with van der Waals surface area (Å²) in [5.41, 5.74) is 1.32. The molecular weight excluding hydrogens is 286 g/mol. The van der Waals surface area contributed by atoms with Crippen LogP contribution in [0.4, 0.5) is 0 Å². The summed E-state index contributed by atoms with van der Waals surface area (Å²) in [7, 11) is -2.93. The molecule has 0 aliphatic carbocycles. The Morgan fingerprint density at radius 1 is 1.05 bits per heavy atom. The zero-order chi connectivity index (χ0) is 14.7. The summed E-state index contributed by atoms with van der Waals surface area (Å²) in [5, 5.41) is 8.39. The minimum absolute atomic E-state index is 0.190. The van der Waals surface area contributed by atoms with Crippen molar-refractivity contribution in [1.82, 2.24) is 14.8 Å². The molecule has 1 aliphatic rings. The minimum Gasteiger partial charge on any atom is -0.314 e. The first kappa shape index (κ1) is 14.3. The first-order valence-electron chi connectivity index (χ1n) is 7.29. The van der Waals surface area contributed by atoms with Crippen LogP contribution in [0.15, 0.2) is 30.3 Å². The molecule has 1 aromatic carbocycles. The van der Waals surface area contributed by atoms with Crippen molar-refractivity contribution in [2.24, 2.45) is 0 Å². The molecule has 3 rings (SSSR count). The Balaban J connectivity index is 1.64. The van der Waals surface area contributed by atoms with Crippen molar-refractivity contribution in [3.63, 3.8) is 0 Å². The van der Waals surface area contributed by atoms with Crippen molar-refractivity contribution in [2.75, 3.05) is 11.5 Å². The van der Waals surface area contributed by atoms with Crippen LogP contribution in [-0.4, -0.2) is 34.7 Å². The average Bonchev–Trinajstić information content (AvgIpc) is 2.79. The second kappa shape index (κ2) is 5.97. The molecule has 0 N–H and O–H groups in total. The van der Waals surface area contributed by atoms with Crippen LogP contribution in [0.2, 0.25) is 0 Å². The van der Waals surface area contributed by atoms with E-state index >= 15 is 0 Å². The predicted octanol–water partition coefficient (Wildman–Crippen LogP) is 1.42. The zero-order valence-electron chi connectivity index (χ0n) is 11.9. The predicted molar refractivity (Wildman–Crippen MR) is 80.8 cm³/mol. The monoisotopic (exact) mass is 305 g/mol. The fraction of sp³-hybridized carbons (Fsp3) is 0.467. The van der Waals surface area contributed by atoms with Gasteiger partial charge >= 0.3 is 0 Å². The number of sulfone groups is 1. The van der Waals surface area contributed by atoms with Gasteiger partial charge in [0.25, 0.3) is 0 Å². The maximum absolute atomic E-state index is 11.7. The lowest BCUT2D eigenvalue weighted by molar-refractivity contribution is 0.590. The topological polar surface area (TPSA) is 64.8 Å². The van der Waals surface area contributed by atoms with Crippen LogP contribution >= 0.6 is 0 Å². The standard InChI is InChI=1S/C15H19N3O2S/c19-21(20)11-9-15-17-16-14(18(15)10-12-21)8-4-7-13-5-2-1-3-6-13/h1-3,5-6H,4,7-12H2. The SMILES string of the molecule is O=S1(=O)CCc2nnc(CCCc3ccccc3)n2CC1. The van der Waals surface area contributed by atoms with E-state index in [0.717, 1.165) is 30.9 Å². The average molecular weight is 305 g/mol. The van der Waals surface area contributed by atoms with Crippen molar-refractivity contribution >= 4 is 9.84 Å². The Hall–Kier alpha value is -1.69. The van der Waals surface area contributed by atoms with Gasteiger partial charge in [0, 0.05) is 19.4 Å². The summed E-state index contributed by atoms with van der Waals surface area (Å²) < 4.78 is 25.4. The second-order valence-corrected chi connectivity index (χ2v) is 7.73. The highest BCUT2D eigenvalue weighted by molar-refractivity contribution is 7.91. The van der Waals surface area contributed by atoms with Crippen LogP contribution in [0.3, 0.4) is 0 Å². The van der Waals surface area contributed by atoms with Crippen LogP contribution in [0.5, 0.6) is 0 Å². The smallest absolute Gasteiger partial charge is 0.152 e. The summed E-state index contributed by atoms with van der Waals surface area (Å²) in [4.78, 5) is 0. The largest absolute Gasteiger partial charge is 0.314 e. The summed E-state index contributed by atoms with van der Waals surface area (Å²) in [5.74, 6) is 2.11. The number of rotatable bonds is 4. The second-order valence-electron chi connectivity index (χ2n) is 5.43. The summed E-state index contributed by atoms with van der Waals surface area (Å²) >= 11 is 0. The van der Waals surface area contributed by atoms with E-state index in [0.29, 0.717) is 13.0 Å². The van der Waals surface area contributed by atoms with Crippen molar-refractivity contribution in [1.29, 1.82) is 0 Å². The molecule has 0 bridgehead atoms. The fourth-order valence-electron chi connectivity index (χ4n) is 2.67. The molecule has 2 aromatic rings. The van der Waals surface area contributed by atoms with Crippen molar-refractivity contribution < 1.29 is 8.42 Å². The number of benzene rings is 1. The molecule has 0 amide bonds. The van der Waals surface area contributed by atoms with Crippen molar-refractivity contribution in [2.45, 2.75) is 32.2 Å². The molecule has 1 aromatic heterocycles. The Labute approximate surface area is 124 Å². The van der Waals surface area contributed by atoms with Gasteiger partial charge in [0.15, 0.2) is 9.84 Å². The van der Waals surface area contributed by atoms with Crippen LogP contribution in [0.25, 0.3) is 0 Å². The lowest BCUT2D eigenvalue weighted by Crippen LogP contribution is -2.13. The van der Waals surface area contributed by atoms with Crippen LogP contribution in [-0.2, 0) is 35.6 Å². The van der Waals surface area contributed by atoms with E-state index in [1.165, 1.54) is 5.56 Å². The van der Waals surface area contributed by atoms with Crippen molar-refractivity contribution in [3.05, 3.63) is 47.5 Å². The molecular formula is C15H19N3O2S. The molecule has 0 unspecified atom stereocenters. The summed E-state index contributed by atoms with van der Waals surface area (Å²) in [6, 6.07) is 10.3. The van der Waals surface area contributed by atoms with Gasteiger partial charge in [-0.25, -0.2) is 8.42 Å². The van der Waals surface area contributed by atoms with E-state index in [-0.39, 0.29) is 11.5 Å². The number of fused-ring (bicyclic) bond motifs is 1. The number of hydrogen-bond donors (Lipinski definition) is 0. The van der Waals surface area contributed by atoms with Gasteiger partial charge in [-0.1, -0.05) is 30.3 Å². The normalized spacial score (nSPS) is 17.1. The molecule has 0 spiro atoms.